The Balaban J connectivity index is 1.99. The van der Waals surface area contributed by atoms with Crippen LogP contribution in [0.1, 0.15) is 20.0 Å². The number of rotatable bonds is 4. The van der Waals surface area contributed by atoms with E-state index in [0.29, 0.717) is 0 Å². The molecule has 2 heterocycles. The third kappa shape index (κ3) is 3.17. The summed E-state index contributed by atoms with van der Waals surface area (Å²) < 4.78 is 9.65. The van der Waals surface area contributed by atoms with E-state index in [1.807, 2.05) is 0 Å². The van der Waals surface area contributed by atoms with Gasteiger partial charge in [0.25, 0.3) is 11.6 Å². The summed E-state index contributed by atoms with van der Waals surface area (Å²) in [5, 5.41) is 15.1. The number of methoxy groups -OCH3 is 1. The van der Waals surface area contributed by atoms with E-state index in [0.717, 1.165) is 11.3 Å². The van der Waals surface area contributed by atoms with Gasteiger partial charge >= 0.3 is 11.6 Å². The SMILES string of the molecule is COC(=O)c1sccc1NC(=O)c1cc2cc([N+](=O)[O-])ccc2oc1=O. The summed E-state index contributed by atoms with van der Waals surface area (Å²) in [5.41, 5.74) is -1.16. The fourth-order valence-electron chi connectivity index (χ4n) is 2.23. The van der Waals surface area contributed by atoms with E-state index in [2.05, 4.69) is 10.1 Å². The van der Waals surface area contributed by atoms with Gasteiger partial charge in [-0.15, -0.1) is 11.3 Å². The molecule has 132 valence electrons. The number of nitrogens with one attached hydrogen (secondary N) is 1. The van der Waals surface area contributed by atoms with Gasteiger partial charge in [-0.3, -0.25) is 14.9 Å². The van der Waals surface area contributed by atoms with E-state index in [4.69, 9.17) is 4.42 Å². The molecule has 10 heteroatoms. The lowest BCUT2D eigenvalue weighted by Crippen LogP contribution is -2.21. The van der Waals surface area contributed by atoms with Crippen molar-refractivity contribution in [3.8, 4) is 0 Å². The van der Waals surface area contributed by atoms with E-state index in [1.54, 1.807) is 5.38 Å². The molecule has 0 saturated carbocycles. The van der Waals surface area contributed by atoms with Gasteiger partial charge in [-0.2, -0.15) is 0 Å². The van der Waals surface area contributed by atoms with Gasteiger partial charge in [0.15, 0.2) is 0 Å². The lowest BCUT2D eigenvalue weighted by molar-refractivity contribution is -0.384. The summed E-state index contributed by atoms with van der Waals surface area (Å²) in [6, 6.07) is 6.36. The minimum Gasteiger partial charge on any atom is -0.465 e. The lowest BCUT2D eigenvalue weighted by atomic mass is 10.1. The summed E-state index contributed by atoms with van der Waals surface area (Å²) in [5.74, 6) is -1.44. The molecule has 9 nitrogen and oxygen atoms in total. The van der Waals surface area contributed by atoms with Crippen LogP contribution in [-0.2, 0) is 4.74 Å². The number of nitro benzene ring substituents is 1. The minimum absolute atomic E-state index is 0.114. The molecule has 1 aromatic carbocycles. The number of nitrogens with zero attached hydrogens (tertiary/aromatic N) is 1. The van der Waals surface area contributed by atoms with E-state index in [-0.39, 0.29) is 32.8 Å². The predicted octanol–water partition coefficient (Wildman–Crippen LogP) is 2.80. The molecule has 0 radical (unpaired) electrons. The highest BCUT2D eigenvalue weighted by Gasteiger charge is 2.20. The first kappa shape index (κ1) is 17.3. The van der Waals surface area contributed by atoms with E-state index in [1.165, 1.54) is 37.4 Å². The van der Waals surface area contributed by atoms with Crippen molar-refractivity contribution < 1.29 is 23.7 Å². The van der Waals surface area contributed by atoms with Crippen molar-refractivity contribution >= 4 is 45.6 Å². The van der Waals surface area contributed by atoms with E-state index < -0.39 is 22.4 Å². The fourth-order valence-corrected chi connectivity index (χ4v) is 3.00. The highest BCUT2D eigenvalue weighted by atomic mass is 32.1. The first-order valence-corrected chi connectivity index (χ1v) is 7.98. The zero-order valence-corrected chi connectivity index (χ0v) is 14.0. The van der Waals surface area contributed by atoms with Crippen LogP contribution in [0.4, 0.5) is 11.4 Å². The zero-order chi connectivity index (χ0) is 18.8. The smallest absolute Gasteiger partial charge is 0.350 e. The number of benzene rings is 1. The van der Waals surface area contributed by atoms with Gasteiger partial charge in [0.1, 0.15) is 16.0 Å². The topological polar surface area (TPSA) is 129 Å². The highest BCUT2D eigenvalue weighted by Crippen LogP contribution is 2.24. The molecule has 0 unspecified atom stereocenters. The van der Waals surface area contributed by atoms with Crippen LogP contribution in [0, 0.1) is 10.1 Å². The number of carbonyl (C=O) groups excluding carboxylic acids is 2. The van der Waals surface area contributed by atoms with Crippen LogP contribution < -0.4 is 10.9 Å². The van der Waals surface area contributed by atoms with Gasteiger partial charge in [-0.05, 0) is 23.6 Å². The number of ether oxygens (including phenoxy) is 1. The van der Waals surface area contributed by atoms with E-state index in [9.17, 15) is 24.5 Å². The van der Waals surface area contributed by atoms with Gasteiger partial charge in [-0.25, -0.2) is 9.59 Å². The van der Waals surface area contributed by atoms with Gasteiger partial charge in [-0.1, -0.05) is 0 Å². The standard InChI is InChI=1S/C16H10N2O7S/c1-24-16(21)13-11(4-5-26-13)17-14(19)10-7-8-6-9(18(22)23)2-3-12(8)25-15(10)20/h2-7H,1H3,(H,17,19). The van der Waals surface area contributed by atoms with Crippen LogP contribution in [-0.4, -0.2) is 23.9 Å². The van der Waals surface area contributed by atoms with Crippen molar-refractivity contribution in [2.45, 2.75) is 0 Å². The van der Waals surface area contributed by atoms with Crippen molar-refractivity contribution in [2.24, 2.45) is 0 Å². The molecular formula is C16H10N2O7S. The van der Waals surface area contributed by atoms with Crippen LogP contribution in [0.3, 0.4) is 0 Å². The second kappa shape index (κ2) is 6.76. The Kier molecular flexibility index (Phi) is 4.50. The number of esters is 1. The second-order valence-electron chi connectivity index (χ2n) is 5.04. The van der Waals surface area contributed by atoms with Crippen LogP contribution in [0.25, 0.3) is 11.0 Å². The van der Waals surface area contributed by atoms with Crippen LogP contribution in [0.15, 0.2) is 44.9 Å². The maximum atomic E-state index is 12.4. The lowest BCUT2D eigenvalue weighted by Gasteiger charge is -2.05. The number of nitro groups is 1. The molecule has 0 aliphatic carbocycles. The Morgan fingerprint density at radius 3 is 2.73 bits per heavy atom. The molecular weight excluding hydrogens is 364 g/mol. The number of fused-ring (bicyclic) bond motifs is 1. The number of non-ortho nitro benzene ring substituents is 1. The number of anilines is 1. The summed E-state index contributed by atoms with van der Waals surface area (Å²) in [6.07, 6.45) is 0. The Morgan fingerprint density at radius 2 is 2.04 bits per heavy atom. The monoisotopic (exact) mass is 374 g/mol. The van der Waals surface area contributed by atoms with Crippen molar-refractivity contribution in [2.75, 3.05) is 12.4 Å². The molecule has 0 fully saturated rings. The third-order valence-electron chi connectivity index (χ3n) is 3.46. The van der Waals surface area contributed by atoms with Crippen molar-refractivity contribution in [3.63, 3.8) is 0 Å². The molecule has 0 atom stereocenters. The number of carbonyl (C=O) groups is 2. The van der Waals surface area contributed by atoms with Gasteiger partial charge < -0.3 is 14.5 Å². The number of hydrogen-bond donors (Lipinski definition) is 1. The number of amides is 1. The Labute approximate surface area is 149 Å². The predicted molar refractivity (Wildman–Crippen MR) is 92.8 cm³/mol. The summed E-state index contributed by atoms with van der Waals surface area (Å²) in [6.45, 7) is 0. The molecule has 1 N–H and O–H groups in total. The molecule has 26 heavy (non-hydrogen) atoms. The molecule has 3 aromatic rings. The molecule has 3 rings (SSSR count). The third-order valence-corrected chi connectivity index (χ3v) is 4.35. The quantitative estimate of drug-likeness (QED) is 0.322. The molecule has 0 aliphatic heterocycles. The summed E-state index contributed by atoms with van der Waals surface area (Å²) in [7, 11) is 1.21. The molecule has 2 aromatic heterocycles. The molecule has 1 amide bonds. The Hall–Kier alpha value is -3.53. The first-order chi connectivity index (χ1) is 12.4. The average molecular weight is 374 g/mol. The van der Waals surface area contributed by atoms with Gasteiger partial charge in [0.2, 0.25) is 0 Å². The van der Waals surface area contributed by atoms with Gasteiger partial charge in [0, 0.05) is 17.5 Å². The van der Waals surface area contributed by atoms with Crippen molar-refractivity contribution in [1.82, 2.24) is 0 Å². The molecule has 0 spiro atoms. The largest absolute Gasteiger partial charge is 0.465 e. The maximum Gasteiger partial charge on any atom is 0.350 e. The summed E-state index contributed by atoms with van der Waals surface area (Å²) >= 11 is 1.07. The first-order valence-electron chi connectivity index (χ1n) is 7.10. The molecule has 0 bridgehead atoms. The Bertz CT molecular complexity index is 1100. The van der Waals surface area contributed by atoms with E-state index >= 15 is 0 Å². The van der Waals surface area contributed by atoms with Crippen LogP contribution >= 0.6 is 11.3 Å². The van der Waals surface area contributed by atoms with Crippen LogP contribution in [0.2, 0.25) is 0 Å². The van der Waals surface area contributed by atoms with Crippen molar-refractivity contribution in [1.29, 1.82) is 0 Å². The molecule has 0 saturated heterocycles. The Morgan fingerprint density at radius 1 is 1.27 bits per heavy atom. The number of hydrogen-bond acceptors (Lipinski definition) is 8. The molecule has 0 aliphatic rings. The van der Waals surface area contributed by atoms with Gasteiger partial charge in [0.05, 0.1) is 17.7 Å². The second-order valence-corrected chi connectivity index (χ2v) is 5.95. The highest BCUT2D eigenvalue weighted by molar-refractivity contribution is 7.12. The average Bonchev–Trinajstić information content (AvgIpc) is 3.07. The zero-order valence-electron chi connectivity index (χ0n) is 13.2. The fraction of sp³-hybridized carbons (Fsp3) is 0.0625. The number of thiophene rings is 1. The minimum atomic E-state index is -0.904. The maximum absolute atomic E-state index is 12.4. The van der Waals surface area contributed by atoms with Crippen LogP contribution in [0.5, 0.6) is 0 Å². The van der Waals surface area contributed by atoms with Crippen molar-refractivity contribution in [3.05, 3.63) is 66.7 Å². The summed E-state index contributed by atoms with van der Waals surface area (Å²) in [4.78, 5) is 46.5. The normalized spacial score (nSPS) is 10.5.